The number of hydrogen-bond donors (Lipinski definition) is 2. The van der Waals surface area contributed by atoms with E-state index in [1.165, 1.54) is 6.92 Å². The molecule has 0 aliphatic rings. The second kappa shape index (κ2) is 6.02. The van der Waals surface area contributed by atoms with Gasteiger partial charge in [-0.05, 0) is 20.8 Å². The number of carboxylic acid groups (broad SMARTS) is 1. The summed E-state index contributed by atoms with van der Waals surface area (Å²) in [5.41, 5.74) is 0.898. The standard InChI is InChI=1S/C12H14N2O5/c1-6-7(2)19-11(9(6)4-13)14-10(15)5-18-8(3)12(16)17/h8H,5H2,1-3H3,(H,14,15)(H,16,17)/t8-/m0/s1. The third-order valence-electron chi connectivity index (χ3n) is 2.56. The molecule has 0 unspecified atom stereocenters. The van der Waals surface area contributed by atoms with Gasteiger partial charge >= 0.3 is 5.97 Å². The number of carbonyl (C=O) groups is 2. The number of aliphatic carboxylic acids is 1. The molecule has 2 N–H and O–H groups in total. The predicted molar refractivity (Wildman–Crippen MR) is 64.6 cm³/mol. The van der Waals surface area contributed by atoms with Gasteiger partial charge in [-0.15, -0.1) is 0 Å². The van der Waals surface area contributed by atoms with Crippen LogP contribution >= 0.6 is 0 Å². The van der Waals surface area contributed by atoms with Gasteiger partial charge in [0.05, 0.1) is 0 Å². The van der Waals surface area contributed by atoms with E-state index in [9.17, 15) is 9.59 Å². The largest absolute Gasteiger partial charge is 0.479 e. The summed E-state index contributed by atoms with van der Waals surface area (Å²) >= 11 is 0. The maximum Gasteiger partial charge on any atom is 0.332 e. The highest BCUT2D eigenvalue weighted by Crippen LogP contribution is 2.25. The molecule has 0 saturated heterocycles. The van der Waals surface area contributed by atoms with Crippen molar-refractivity contribution in [2.75, 3.05) is 11.9 Å². The van der Waals surface area contributed by atoms with Crippen molar-refractivity contribution in [2.24, 2.45) is 0 Å². The van der Waals surface area contributed by atoms with Crippen molar-refractivity contribution < 1.29 is 23.8 Å². The van der Waals surface area contributed by atoms with E-state index in [1.807, 2.05) is 6.07 Å². The van der Waals surface area contributed by atoms with Crippen molar-refractivity contribution in [2.45, 2.75) is 26.9 Å². The highest BCUT2D eigenvalue weighted by molar-refractivity contribution is 5.92. The Morgan fingerprint density at radius 2 is 2.16 bits per heavy atom. The van der Waals surface area contributed by atoms with Crippen LogP contribution in [0.3, 0.4) is 0 Å². The number of furan rings is 1. The minimum atomic E-state index is -1.16. The second-order valence-corrected chi connectivity index (χ2v) is 3.94. The molecule has 7 heteroatoms. The molecule has 1 rings (SSSR count). The van der Waals surface area contributed by atoms with E-state index >= 15 is 0 Å². The van der Waals surface area contributed by atoms with E-state index in [1.54, 1.807) is 13.8 Å². The number of nitrogens with one attached hydrogen (secondary N) is 1. The Balaban J connectivity index is 2.66. The smallest absolute Gasteiger partial charge is 0.332 e. The predicted octanol–water partition coefficient (Wildman–Crippen LogP) is 1.20. The molecule has 0 aromatic carbocycles. The molecule has 7 nitrogen and oxygen atoms in total. The van der Waals surface area contributed by atoms with Crippen LogP contribution in [0.5, 0.6) is 0 Å². The van der Waals surface area contributed by atoms with Crippen molar-refractivity contribution in [1.29, 1.82) is 5.26 Å². The van der Waals surface area contributed by atoms with Crippen LogP contribution in [-0.2, 0) is 14.3 Å². The number of nitrogens with zero attached hydrogens (tertiary/aromatic N) is 1. The molecule has 1 aromatic heterocycles. The summed E-state index contributed by atoms with van der Waals surface area (Å²) in [6.07, 6.45) is -1.08. The van der Waals surface area contributed by atoms with Gasteiger partial charge in [-0.2, -0.15) is 5.26 Å². The van der Waals surface area contributed by atoms with Gasteiger partial charge in [-0.3, -0.25) is 10.1 Å². The number of ether oxygens (including phenoxy) is 1. The van der Waals surface area contributed by atoms with Gasteiger partial charge < -0.3 is 14.3 Å². The number of anilines is 1. The lowest BCUT2D eigenvalue weighted by molar-refractivity contribution is -0.150. The fraction of sp³-hybridized carbons (Fsp3) is 0.417. The lowest BCUT2D eigenvalue weighted by Gasteiger charge is -2.07. The fourth-order valence-corrected chi connectivity index (χ4v) is 1.28. The molecule has 19 heavy (non-hydrogen) atoms. The summed E-state index contributed by atoms with van der Waals surface area (Å²) < 4.78 is 10.0. The van der Waals surface area contributed by atoms with Gasteiger partial charge in [0.2, 0.25) is 5.88 Å². The first-order chi connectivity index (χ1) is 8.86. The molecular formula is C12H14N2O5. The number of amides is 1. The molecule has 0 aliphatic carbocycles. The monoisotopic (exact) mass is 266 g/mol. The molecule has 0 aliphatic heterocycles. The molecule has 0 saturated carbocycles. The average Bonchev–Trinajstić information content (AvgIpc) is 2.61. The minimum Gasteiger partial charge on any atom is -0.479 e. The first-order valence-electron chi connectivity index (χ1n) is 5.51. The first kappa shape index (κ1) is 14.7. The summed E-state index contributed by atoms with van der Waals surface area (Å²) in [6.45, 7) is 4.26. The van der Waals surface area contributed by atoms with E-state index in [0.717, 1.165) is 0 Å². The summed E-state index contributed by atoms with van der Waals surface area (Å²) in [5, 5.41) is 19.9. The SMILES string of the molecule is Cc1oc(NC(=O)CO[C@@H](C)C(=O)O)c(C#N)c1C. The first-order valence-corrected chi connectivity index (χ1v) is 5.51. The zero-order valence-corrected chi connectivity index (χ0v) is 10.8. The van der Waals surface area contributed by atoms with Crippen molar-refractivity contribution in [1.82, 2.24) is 0 Å². The van der Waals surface area contributed by atoms with Crippen LogP contribution in [0.15, 0.2) is 4.42 Å². The van der Waals surface area contributed by atoms with Crippen molar-refractivity contribution in [3.05, 3.63) is 16.9 Å². The molecular weight excluding hydrogens is 252 g/mol. The van der Waals surface area contributed by atoms with E-state index < -0.39 is 24.6 Å². The van der Waals surface area contributed by atoms with Crippen LogP contribution in [-0.4, -0.2) is 29.7 Å². The Morgan fingerprint density at radius 1 is 1.53 bits per heavy atom. The van der Waals surface area contributed by atoms with E-state index in [-0.39, 0.29) is 11.4 Å². The van der Waals surface area contributed by atoms with Crippen LogP contribution in [0.1, 0.15) is 23.8 Å². The second-order valence-electron chi connectivity index (χ2n) is 3.94. The molecule has 1 atom stereocenters. The highest BCUT2D eigenvalue weighted by Gasteiger charge is 2.18. The van der Waals surface area contributed by atoms with Crippen LogP contribution in [0.25, 0.3) is 0 Å². The van der Waals surface area contributed by atoms with Crippen LogP contribution < -0.4 is 5.32 Å². The Bertz CT molecular complexity index is 541. The Labute approximate surface area is 109 Å². The maximum absolute atomic E-state index is 11.5. The maximum atomic E-state index is 11.5. The van der Waals surface area contributed by atoms with Gasteiger partial charge in [0.15, 0.2) is 6.10 Å². The summed E-state index contributed by atoms with van der Waals surface area (Å²) in [7, 11) is 0. The van der Waals surface area contributed by atoms with Crippen molar-refractivity contribution in [3.63, 3.8) is 0 Å². The molecule has 0 spiro atoms. The summed E-state index contributed by atoms with van der Waals surface area (Å²) in [4.78, 5) is 22.0. The lowest BCUT2D eigenvalue weighted by atomic mass is 10.2. The fourth-order valence-electron chi connectivity index (χ4n) is 1.28. The number of aryl methyl sites for hydroxylation is 1. The number of carboxylic acids is 1. The molecule has 1 amide bonds. The zero-order valence-electron chi connectivity index (χ0n) is 10.8. The molecule has 1 aromatic rings. The van der Waals surface area contributed by atoms with Gasteiger partial charge in [-0.25, -0.2) is 4.79 Å². The van der Waals surface area contributed by atoms with Crippen molar-refractivity contribution >= 4 is 17.8 Å². The van der Waals surface area contributed by atoms with E-state index in [4.69, 9.17) is 19.5 Å². The van der Waals surface area contributed by atoms with Crippen LogP contribution in [0.2, 0.25) is 0 Å². The van der Waals surface area contributed by atoms with Gasteiger partial charge in [-0.1, -0.05) is 0 Å². The molecule has 0 radical (unpaired) electrons. The summed E-state index contributed by atoms with van der Waals surface area (Å²) in [6, 6.07) is 1.93. The van der Waals surface area contributed by atoms with E-state index in [0.29, 0.717) is 11.3 Å². The van der Waals surface area contributed by atoms with E-state index in [2.05, 4.69) is 5.32 Å². The molecule has 1 heterocycles. The average molecular weight is 266 g/mol. The molecule has 102 valence electrons. The Hall–Kier alpha value is -2.33. The lowest BCUT2D eigenvalue weighted by Crippen LogP contribution is -2.26. The topological polar surface area (TPSA) is 113 Å². The molecule has 0 bridgehead atoms. The number of hydrogen-bond acceptors (Lipinski definition) is 5. The van der Waals surface area contributed by atoms with Gasteiger partial charge in [0.25, 0.3) is 5.91 Å². The van der Waals surface area contributed by atoms with Gasteiger partial charge in [0, 0.05) is 5.56 Å². The number of rotatable bonds is 5. The highest BCUT2D eigenvalue weighted by atomic mass is 16.5. The molecule has 0 fully saturated rings. The Morgan fingerprint density at radius 3 is 2.68 bits per heavy atom. The Kier molecular flexibility index (Phi) is 4.67. The number of nitriles is 1. The van der Waals surface area contributed by atoms with Crippen LogP contribution in [0, 0.1) is 25.2 Å². The number of carbonyl (C=O) groups excluding carboxylic acids is 1. The third kappa shape index (κ3) is 3.56. The summed E-state index contributed by atoms with van der Waals surface area (Å²) in [5.74, 6) is -1.16. The van der Waals surface area contributed by atoms with Crippen LogP contribution in [0.4, 0.5) is 5.88 Å². The van der Waals surface area contributed by atoms with Crippen molar-refractivity contribution in [3.8, 4) is 6.07 Å². The quantitative estimate of drug-likeness (QED) is 0.827. The minimum absolute atomic E-state index is 0.0501. The van der Waals surface area contributed by atoms with Gasteiger partial charge in [0.1, 0.15) is 24.0 Å². The normalized spacial score (nSPS) is 11.7. The zero-order chi connectivity index (χ0) is 14.6. The third-order valence-corrected chi connectivity index (χ3v) is 2.56.